The zero-order valence-electron chi connectivity index (χ0n) is 13.9. The maximum absolute atomic E-state index is 12.5. The van der Waals surface area contributed by atoms with Crippen molar-refractivity contribution in [2.45, 2.75) is 44.2 Å². The molecular formula is C16H24N4O4. The van der Waals surface area contributed by atoms with Gasteiger partial charge in [-0.3, -0.25) is 19.8 Å². The molecule has 1 saturated carbocycles. The molecule has 1 aliphatic heterocycles. The molecule has 0 radical (unpaired) electrons. The van der Waals surface area contributed by atoms with Gasteiger partial charge >= 0.3 is 0 Å². The Bertz CT molecular complexity index is 603. The fourth-order valence-corrected chi connectivity index (χ4v) is 4.05. The molecule has 1 aromatic rings. The van der Waals surface area contributed by atoms with E-state index in [9.17, 15) is 14.9 Å². The number of hydrogen-bond donors (Lipinski definition) is 2. The van der Waals surface area contributed by atoms with E-state index in [1.807, 2.05) is 6.92 Å². The van der Waals surface area contributed by atoms with Crippen LogP contribution in [0.3, 0.4) is 0 Å². The summed E-state index contributed by atoms with van der Waals surface area (Å²) in [6.07, 6.45) is 5.67. The lowest BCUT2D eigenvalue weighted by molar-refractivity contribution is -0.384. The highest BCUT2D eigenvalue weighted by atomic mass is 16.6. The van der Waals surface area contributed by atoms with Crippen LogP contribution in [0.5, 0.6) is 0 Å². The zero-order chi connectivity index (χ0) is 17.2. The first-order chi connectivity index (χ1) is 11.5. The average Bonchev–Trinajstić information content (AvgIpc) is 3.26. The van der Waals surface area contributed by atoms with E-state index in [0.29, 0.717) is 0 Å². The number of nitrogens with zero attached hydrogens (tertiary/aromatic N) is 2. The molecule has 2 aliphatic rings. The molecule has 24 heavy (non-hydrogen) atoms. The molecule has 1 saturated heterocycles. The van der Waals surface area contributed by atoms with Gasteiger partial charge in [0.1, 0.15) is 5.69 Å². The van der Waals surface area contributed by atoms with Crippen molar-refractivity contribution >= 4 is 11.6 Å². The van der Waals surface area contributed by atoms with E-state index in [-0.39, 0.29) is 28.9 Å². The zero-order valence-corrected chi connectivity index (χ0v) is 13.9. The van der Waals surface area contributed by atoms with Crippen molar-refractivity contribution in [1.82, 2.24) is 15.2 Å². The molecule has 3 rings (SSSR count). The molecule has 2 fully saturated rings. The fraction of sp³-hybridized carbons (Fsp3) is 0.688. The van der Waals surface area contributed by atoms with Crippen molar-refractivity contribution in [3.05, 3.63) is 28.1 Å². The Morgan fingerprint density at radius 1 is 1.42 bits per heavy atom. The number of hydrogen-bond acceptors (Lipinski definition) is 5. The van der Waals surface area contributed by atoms with Crippen LogP contribution >= 0.6 is 0 Å². The number of aromatic amines is 1. The number of nitro groups is 1. The van der Waals surface area contributed by atoms with Crippen LogP contribution in [0, 0.1) is 10.1 Å². The van der Waals surface area contributed by atoms with Crippen LogP contribution in [-0.4, -0.2) is 58.6 Å². The number of aromatic nitrogens is 1. The van der Waals surface area contributed by atoms with Gasteiger partial charge in [0.2, 0.25) is 0 Å². The van der Waals surface area contributed by atoms with E-state index in [4.69, 9.17) is 4.74 Å². The SMILES string of the molecule is C[C@@H](NC(=O)c1cc([N+](=O)[O-])c[nH]1)C1(N2CCOCC2)CCCC1. The standard InChI is InChI=1S/C16H24N4O4/c1-12(18-15(21)14-10-13(11-17-14)20(22)23)16(4-2-3-5-16)19-6-8-24-9-7-19/h10-12,17H,2-9H2,1H3,(H,18,21)/t12-/m1/s1. The predicted octanol–water partition coefficient (Wildman–Crippen LogP) is 1.69. The average molecular weight is 336 g/mol. The summed E-state index contributed by atoms with van der Waals surface area (Å²) < 4.78 is 5.46. The van der Waals surface area contributed by atoms with Gasteiger partial charge in [-0.2, -0.15) is 0 Å². The van der Waals surface area contributed by atoms with E-state index < -0.39 is 4.92 Å². The number of carbonyl (C=O) groups excluding carboxylic acids is 1. The molecule has 2 N–H and O–H groups in total. The molecule has 1 aliphatic carbocycles. The van der Waals surface area contributed by atoms with Crippen LogP contribution in [0.15, 0.2) is 12.3 Å². The molecule has 8 heteroatoms. The van der Waals surface area contributed by atoms with Crippen molar-refractivity contribution < 1.29 is 14.5 Å². The van der Waals surface area contributed by atoms with E-state index >= 15 is 0 Å². The first-order valence-electron chi connectivity index (χ1n) is 8.49. The topological polar surface area (TPSA) is 100 Å². The number of carbonyl (C=O) groups is 1. The van der Waals surface area contributed by atoms with Gasteiger partial charge in [0.25, 0.3) is 11.6 Å². The first-order valence-corrected chi connectivity index (χ1v) is 8.49. The molecule has 0 spiro atoms. The van der Waals surface area contributed by atoms with E-state index in [1.54, 1.807) is 0 Å². The number of amides is 1. The van der Waals surface area contributed by atoms with Crippen LogP contribution in [0.4, 0.5) is 5.69 Å². The highest BCUT2D eigenvalue weighted by Gasteiger charge is 2.45. The maximum atomic E-state index is 12.5. The van der Waals surface area contributed by atoms with Gasteiger partial charge in [-0.05, 0) is 19.8 Å². The first kappa shape index (κ1) is 16.9. The van der Waals surface area contributed by atoms with Crippen LogP contribution in [-0.2, 0) is 4.74 Å². The Kier molecular flexibility index (Phi) is 4.86. The summed E-state index contributed by atoms with van der Waals surface area (Å²) in [6.45, 7) is 5.26. The van der Waals surface area contributed by atoms with Crippen LogP contribution < -0.4 is 5.32 Å². The molecule has 132 valence electrons. The van der Waals surface area contributed by atoms with Crippen molar-refractivity contribution in [2.75, 3.05) is 26.3 Å². The van der Waals surface area contributed by atoms with Crippen molar-refractivity contribution in [3.8, 4) is 0 Å². The summed E-state index contributed by atoms with van der Waals surface area (Å²) in [6, 6.07) is 1.24. The fourth-order valence-electron chi connectivity index (χ4n) is 4.05. The number of H-pyrrole nitrogens is 1. The molecule has 1 amide bonds. The minimum atomic E-state index is -0.511. The minimum Gasteiger partial charge on any atom is -0.379 e. The molecule has 1 aromatic heterocycles. The van der Waals surface area contributed by atoms with Gasteiger partial charge in [-0.25, -0.2) is 0 Å². The summed E-state index contributed by atoms with van der Waals surface area (Å²) in [5, 5.41) is 13.8. The quantitative estimate of drug-likeness (QED) is 0.629. The third kappa shape index (κ3) is 3.16. The smallest absolute Gasteiger partial charge is 0.287 e. The maximum Gasteiger partial charge on any atom is 0.287 e. The largest absolute Gasteiger partial charge is 0.379 e. The monoisotopic (exact) mass is 336 g/mol. The Morgan fingerprint density at radius 2 is 2.08 bits per heavy atom. The third-order valence-electron chi connectivity index (χ3n) is 5.39. The number of rotatable bonds is 5. The Balaban J connectivity index is 1.71. The second-order valence-electron chi connectivity index (χ2n) is 6.63. The van der Waals surface area contributed by atoms with Gasteiger partial charge in [-0.15, -0.1) is 0 Å². The van der Waals surface area contributed by atoms with E-state index in [2.05, 4.69) is 15.2 Å². The lowest BCUT2D eigenvalue weighted by atomic mass is 9.86. The Labute approximate surface area is 140 Å². The number of morpholine rings is 1. The summed E-state index contributed by atoms with van der Waals surface area (Å²) in [5.74, 6) is -0.296. The summed E-state index contributed by atoms with van der Waals surface area (Å²) in [7, 11) is 0. The van der Waals surface area contributed by atoms with Crippen molar-refractivity contribution in [2.24, 2.45) is 0 Å². The van der Waals surface area contributed by atoms with Crippen molar-refractivity contribution in [1.29, 1.82) is 0 Å². The highest BCUT2D eigenvalue weighted by Crippen LogP contribution is 2.38. The molecule has 0 unspecified atom stereocenters. The molecule has 0 bridgehead atoms. The van der Waals surface area contributed by atoms with Crippen LogP contribution in [0.1, 0.15) is 43.1 Å². The van der Waals surface area contributed by atoms with E-state index in [1.165, 1.54) is 12.3 Å². The molecule has 0 aromatic carbocycles. The summed E-state index contributed by atoms with van der Waals surface area (Å²) in [4.78, 5) is 27.9. The van der Waals surface area contributed by atoms with Crippen LogP contribution in [0.25, 0.3) is 0 Å². The van der Waals surface area contributed by atoms with Gasteiger partial charge < -0.3 is 15.0 Å². The Hall–Kier alpha value is -1.93. The Morgan fingerprint density at radius 3 is 2.67 bits per heavy atom. The van der Waals surface area contributed by atoms with Crippen LogP contribution in [0.2, 0.25) is 0 Å². The molecule has 1 atom stereocenters. The van der Waals surface area contributed by atoms with E-state index in [0.717, 1.165) is 52.0 Å². The normalized spacial score (nSPS) is 22.2. The predicted molar refractivity (Wildman–Crippen MR) is 88.0 cm³/mol. The van der Waals surface area contributed by atoms with Gasteiger partial charge in [0.05, 0.1) is 24.3 Å². The van der Waals surface area contributed by atoms with Gasteiger partial charge in [0.15, 0.2) is 0 Å². The lowest BCUT2D eigenvalue weighted by Gasteiger charge is -2.47. The summed E-state index contributed by atoms with van der Waals surface area (Å²) in [5.41, 5.74) is 0.0815. The molecule has 8 nitrogen and oxygen atoms in total. The number of nitrogens with one attached hydrogen (secondary N) is 2. The second kappa shape index (κ2) is 6.90. The molecular weight excluding hydrogens is 312 g/mol. The number of ether oxygens (including phenoxy) is 1. The lowest BCUT2D eigenvalue weighted by Crippen LogP contribution is -2.62. The summed E-state index contributed by atoms with van der Waals surface area (Å²) >= 11 is 0. The highest BCUT2D eigenvalue weighted by molar-refractivity contribution is 5.93. The second-order valence-corrected chi connectivity index (χ2v) is 6.63. The molecule has 2 heterocycles. The third-order valence-corrected chi connectivity index (χ3v) is 5.39. The van der Waals surface area contributed by atoms with Gasteiger partial charge in [0, 0.05) is 30.7 Å². The van der Waals surface area contributed by atoms with Crippen molar-refractivity contribution in [3.63, 3.8) is 0 Å². The van der Waals surface area contributed by atoms with Gasteiger partial charge in [-0.1, -0.05) is 12.8 Å². The minimum absolute atomic E-state index is 0.0343.